The lowest BCUT2D eigenvalue weighted by molar-refractivity contribution is 0.0912. The van der Waals surface area contributed by atoms with E-state index < -0.39 is 0 Å². The van der Waals surface area contributed by atoms with Crippen molar-refractivity contribution >= 4 is 0 Å². The summed E-state index contributed by atoms with van der Waals surface area (Å²) in [4.78, 5) is 15.0. The third-order valence-electron chi connectivity index (χ3n) is 7.07. The maximum Gasteiger partial charge on any atom is 0.250 e. The van der Waals surface area contributed by atoms with Crippen LogP contribution in [0.1, 0.15) is 41.0 Å². The fraction of sp³-hybridized carbons (Fsp3) is 0.308. The van der Waals surface area contributed by atoms with Crippen LogP contribution in [0.2, 0.25) is 0 Å². The number of para-hydroxylation sites is 1. The lowest BCUT2D eigenvalue weighted by Gasteiger charge is -2.45. The standard InChI is InChI=1S/C26H26N6O/c1-18-8-5-6-11-22(18)32-26(27-28-29-32)25(20-9-3-2-4-10-20)30-15-19-14-21(17-30)23-12-7-13-24(33)31(23)16-19/h2-13,19,21,25H,14-17H2,1H3/t19-,21-,25+/m0/s1. The van der Waals surface area contributed by atoms with E-state index in [-0.39, 0.29) is 11.6 Å². The molecule has 3 atom stereocenters. The molecule has 2 aliphatic heterocycles. The molecular weight excluding hydrogens is 412 g/mol. The molecule has 33 heavy (non-hydrogen) atoms. The van der Waals surface area contributed by atoms with Gasteiger partial charge < -0.3 is 4.57 Å². The zero-order chi connectivity index (χ0) is 22.4. The van der Waals surface area contributed by atoms with Gasteiger partial charge in [-0.3, -0.25) is 9.69 Å². The molecule has 0 spiro atoms. The van der Waals surface area contributed by atoms with Crippen LogP contribution in [0.4, 0.5) is 0 Å². The Labute approximate surface area is 192 Å². The molecule has 2 aromatic heterocycles. The Kier molecular flexibility index (Phi) is 4.91. The second-order valence-electron chi connectivity index (χ2n) is 9.20. The monoisotopic (exact) mass is 438 g/mol. The average Bonchev–Trinajstić information content (AvgIpc) is 3.30. The Bertz CT molecular complexity index is 1340. The highest BCUT2D eigenvalue weighted by molar-refractivity contribution is 5.41. The Morgan fingerprint density at radius 2 is 1.73 bits per heavy atom. The Hall–Kier alpha value is -3.58. The zero-order valence-electron chi connectivity index (χ0n) is 18.6. The number of aromatic nitrogens is 5. The van der Waals surface area contributed by atoms with Crippen LogP contribution in [0.15, 0.2) is 77.6 Å². The van der Waals surface area contributed by atoms with E-state index in [1.807, 2.05) is 33.5 Å². The van der Waals surface area contributed by atoms with Crippen molar-refractivity contribution in [3.63, 3.8) is 0 Å². The SMILES string of the molecule is Cc1ccccc1-n1nnnc1[C@@H](c1ccccc1)N1C[C@@H]2C[C@@H](C1)c1cccc(=O)n1C2. The first-order chi connectivity index (χ1) is 16.2. The van der Waals surface area contributed by atoms with Crippen molar-refractivity contribution in [2.75, 3.05) is 13.1 Å². The lowest BCUT2D eigenvalue weighted by atomic mass is 9.82. The summed E-state index contributed by atoms with van der Waals surface area (Å²) in [5.41, 5.74) is 4.55. The van der Waals surface area contributed by atoms with Gasteiger partial charge in [-0.1, -0.05) is 54.6 Å². The molecule has 1 saturated heterocycles. The summed E-state index contributed by atoms with van der Waals surface area (Å²) >= 11 is 0. The smallest absolute Gasteiger partial charge is 0.250 e. The predicted molar refractivity (Wildman–Crippen MR) is 125 cm³/mol. The van der Waals surface area contributed by atoms with Crippen LogP contribution in [0, 0.1) is 12.8 Å². The fourth-order valence-corrected chi connectivity index (χ4v) is 5.64. The summed E-state index contributed by atoms with van der Waals surface area (Å²) in [6, 6.07) is 24.3. The van der Waals surface area contributed by atoms with Crippen LogP contribution in [0.25, 0.3) is 5.69 Å². The minimum Gasteiger partial charge on any atom is -0.312 e. The number of rotatable bonds is 4. The molecule has 166 valence electrons. The molecule has 0 amide bonds. The molecule has 7 heteroatoms. The van der Waals surface area contributed by atoms with E-state index >= 15 is 0 Å². The quantitative estimate of drug-likeness (QED) is 0.489. The van der Waals surface area contributed by atoms with Gasteiger partial charge in [-0.05, 0) is 52.9 Å². The average molecular weight is 439 g/mol. The summed E-state index contributed by atoms with van der Waals surface area (Å²) in [5.74, 6) is 1.56. The van der Waals surface area contributed by atoms with Crippen molar-refractivity contribution in [2.45, 2.75) is 31.8 Å². The highest BCUT2D eigenvalue weighted by Crippen LogP contribution is 2.40. The van der Waals surface area contributed by atoms with E-state index in [1.54, 1.807) is 6.07 Å². The number of fused-ring (bicyclic) bond motifs is 4. The minimum atomic E-state index is -0.0758. The third-order valence-corrected chi connectivity index (χ3v) is 7.07. The number of piperidine rings is 1. The molecule has 6 rings (SSSR count). The molecule has 1 fully saturated rings. The zero-order valence-corrected chi connectivity index (χ0v) is 18.6. The van der Waals surface area contributed by atoms with Gasteiger partial charge in [-0.2, -0.15) is 4.68 Å². The number of tetrazole rings is 1. The summed E-state index contributed by atoms with van der Waals surface area (Å²) < 4.78 is 3.86. The lowest BCUT2D eigenvalue weighted by Crippen LogP contribution is -2.48. The van der Waals surface area contributed by atoms with Crippen LogP contribution in [0.3, 0.4) is 0 Å². The minimum absolute atomic E-state index is 0.0758. The normalized spacial score (nSPS) is 20.9. The van der Waals surface area contributed by atoms with Gasteiger partial charge in [-0.25, -0.2) is 0 Å². The summed E-state index contributed by atoms with van der Waals surface area (Å²) in [7, 11) is 0. The molecule has 2 aromatic carbocycles. The Balaban J connectivity index is 1.44. The second-order valence-corrected chi connectivity index (χ2v) is 9.20. The maximum absolute atomic E-state index is 12.5. The van der Waals surface area contributed by atoms with E-state index in [0.717, 1.165) is 48.8 Å². The van der Waals surface area contributed by atoms with Gasteiger partial charge in [0.1, 0.15) is 0 Å². The first-order valence-electron chi connectivity index (χ1n) is 11.5. The number of nitrogens with zero attached hydrogens (tertiary/aromatic N) is 6. The molecular formula is C26H26N6O. The van der Waals surface area contributed by atoms with Crippen molar-refractivity contribution in [3.05, 3.63) is 106 Å². The largest absolute Gasteiger partial charge is 0.312 e. The van der Waals surface area contributed by atoms with E-state index in [4.69, 9.17) is 0 Å². The first-order valence-corrected chi connectivity index (χ1v) is 11.5. The molecule has 0 radical (unpaired) electrons. The van der Waals surface area contributed by atoms with Gasteiger partial charge in [0.25, 0.3) is 5.56 Å². The van der Waals surface area contributed by atoms with Crippen molar-refractivity contribution < 1.29 is 0 Å². The number of hydrogen-bond acceptors (Lipinski definition) is 5. The molecule has 0 N–H and O–H groups in total. The van der Waals surface area contributed by atoms with Crippen LogP contribution >= 0.6 is 0 Å². The number of aryl methyl sites for hydroxylation is 1. The van der Waals surface area contributed by atoms with E-state index in [9.17, 15) is 4.79 Å². The van der Waals surface area contributed by atoms with Crippen molar-refractivity contribution in [1.82, 2.24) is 29.7 Å². The van der Waals surface area contributed by atoms with Crippen LogP contribution in [0.5, 0.6) is 0 Å². The van der Waals surface area contributed by atoms with Crippen molar-refractivity contribution in [3.8, 4) is 5.69 Å². The first kappa shape index (κ1) is 20.1. The number of hydrogen-bond donors (Lipinski definition) is 0. The third kappa shape index (κ3) is 3.49. The molecule has 0 saturated carbocycles. The van der Waals surface area contributed by atoms with Gasteiger partial charge in [-0.15, -0.1) is 5.10 Å². The molecule has 0 unspecified atom stereocenters. The van der Waals surface area contributed by atoms with Gasteiger partial charge in [0.05, 0.1) is 11.7 Å². The van der Waals surface area contributed by atoms with Gasteiger partial charge in [0.15, 0.2) is 5.82 Å². The number of pyridine rings is 1. The second kappa shape index (κ2) is 8.08. The Morgan fingerprint density at radius 3 is 2.58 bits per heavy atom. The van der Waals surface area contributed by atoms with Crippen molar-refractivity contribution in [2.24, 2.45) is 5.92 Å². The summed E-state index contributed by atoms with van der Waals surface area (Å²) in [6.45, 7) is 4.61. The van der Waals surface area contributed by atoms with Crippen LogP contribution in [-0.2, 0) is 6.54 Å². The fourth-order valence-electron chi connectivity index (χ4n) is 5.64. The maximum atomic E-state index is 12.5. The van der Waals surface area contributed by atoms with E-state index in [0.29, 0.717) is 11.8 Å². The van der Waals surface area contributed by atoms with Crippen molar-refractivity contribution in [1.29, 1.82) is 0 Å². The number of benzene rings is 2. The molecule has 0 aliphatic carbocycles. The van der Waals surface area contributed by atoms with Gasteiger partial charge in [0, 0.05) is 37.3 Å². The number of likely N-dealkylation sites (tertiary alicyclic amines) is 1. The molecule has 7 nitrogen and oxygen atoms in total. The highest BCUT2D eigenvalue weighted by Gasteiger charge is 2.39. The topological polar surface area (TPSA) is 68.8 Å². The molecule has 2 aliphatic rings. The van der Waals surface area contributed by atoms with E-state index in [2.05, 4.69) is 69.8 Å². The molecule has 2 bridgehead atoms. The Morgan fingerprint density at radius 1 is 0.909 bits per heavy atom. The highest BCUT2D eigenvalue weighted by atomic mass is 16.1. The predicted octanol–water partition coefficient (Wildman–Crippen LogP) is 3.34. The van der Waals surface area contributed by atoms with E-state index in [1.165, 1.54) is 5.56 Å². The summed E-state index contributed by atoms with van der Waals surface area (Å²) in [6.07, 6.45) is 1.12. The van der Waals surface area contributed by atoms with Crippen LogP contribution in [-0.4, -0.2) is 42.8 Å². The van der Waals surface area contributed by atoms with Gasteiger partial charge >= 0.3 is 0 Å². The van der Waals surface area contributed by atoms with Crippen LogP contribution < -0.4 is 5.56 Å². The summed E-state index contributed by atoms with van der Waals surface area (Å²) in [5, 5.41) is 13.0. The van der Waals surface area contributed by atoms with Gasteiger partial charge in [0.2, 0.25) is 0 Å². The molecule has 4 heterocycles. The molecule has 4 aromatic rings.